The van der Waals surface area contributed by atoms with Gasteiger partial charge in [0.25, 0.3) is 5.91 Å². The molecule has 1 N–H and O–H groups in total. The van der Waals surface area contributed by atoms with Gasteiger partial charge in [-0.3, -0.25) is 14.5 Å². The van der Waals surface area contributed by atoms with Crippen LogP contribution >= 0.6 is 34.7 Å². The van der Waals surface area contributed by atoms with Crippen LogP contribution in [0.4, 0.5) is 5.13 Å². The van der Waals surface area contributed by atoms with E-state index >= 15 is 0 Å². The number of thioether (sulfide) groups is 1. The molecule has 0 fully saturated rings. The molecule has 44 heavy (non-hydrogen) atoms. The molecule has 0 saturated heterocycles. The molecule has 9 nitrogen and oxygen atoms in total. The second kappa shape index (κ2) is 12.6. The van der Waals surface area contributed by atoms with E-state index in [-0.39, 0.29) is 16.5 Å². The highest BCUT2D eigenvalue weighted by Gasteiger charge is 2.47. The van der Waals surface area contributed by atoms with Gasteiger partial charge < -0.3 is 19.0 Å². The van der Waals surface area contributed by atoms with Crippen LogP contribution in [0.3, 0.4) is 0 Å². The van der Waals surface area contributed by atoms with Crippen molar-refractivity contribution in [3.63, 3.8) is 0 Å². The van der Waals surface area contributed by atoms with Crippen molar-refractivity contribution < 1.29 is 28.6 Å². The number of aliphatic hydroxyl groups excluding tert-OH is 1. The van der Waals surface area contributed by atoms with Gasteiger partial charge in [0.2, 0.25) is 10.9 Å². The summed E-state index contributed by atoms with van der Waals surface area (Å²) in [4.78, 5) is 28.9. The minimum atomic E-state index is -1.01. The number of carbonyl (C=O) groups excluding carboxylic acids is 2. The molecule has 1 unspecified atom stereocenters. The zero-order chi connectivity index (χ0) is 30.8. The predicted molar refractivity (Wildman–Crippen MR) is 170 cm³/mol. The smallest absolute Gasteiger partial charge is 0.296 e. The van der Waals surface area contributed by atoms with E-state index in [9.17, 15) is 14.7 Å². The lowest BCUT2D eigenvalue weighted by Gasteiger charge is -2.24. The highest BCUT2D eigenvalue weighted by atomic mass is 35.5. The van der Waals surface area contributed by atoms with Gasteiger partial charge in [0.1, 0.15) is 12.4 Å². The topological polar surface area (TPSA) is 115 Å². The van der Waals surface area contributed by atoms with Crippen molar-refractivity contribution in [3.8, 4) is 11.5 Å². The lowest BCUT2D eigenvalue weighted by Crippen LogP contribution is -2.31. The molecular formula is C32H24ClN3O6S2. The first-order valence-corrected chi connectivity index (χ1v) is 15.5. The van der Waals surface area contributed by atoms with Crippen LogP contribution < -0.4 is 14.4 Å². The van der Waals surface area contributed by atoms with Crippen molar-refractivity contribution in [1.82, 2.24) is 10.2 Å². The van der Waals surface area contributed by atoms with Gasteiger partial charge in [0.15, 0.2) is 27.2 Å². The summed E-state index contributed by atoms with van der Waals surface area (Å²) in [6, 6.07) is 20.2. The first kappa shape index (κ1) is 29.5. The number of rotatable bonds is 11. The molecule has 5 aromatic rings. The van der Waals surface area contributed by atoms with E-state index < -0.39 is 23.5 Å². The molecule has 0 saturated carbocycles. The number of carbonyl (C=O) groups is 2. The van der Waals surface area contributed by atoms with Crippen LogP contribution in [0.1, 0.15) is 27.7 Å². The third-order valence-electron chi connectivity index (χ3n) is 6.85. The highest BCUT2D eigenvalue weighted by molar-refractivity contribution is 8.00. The number of hydrogen-bond acceptors (Lipinski definition) is 10. The number of Topliss-reactive ketones (excluding diaryl/α,β-unsaturated/α-hetero) is 1. The number of aliphatic hydroxyl groups is 1. The summed E-state index contributed by atoms with van der Waals surface area (Å²) in [5, 5.41) is 21.2. The number of aromatic nitrogens is 2. The summed E-state index contributed by atoms with van der Waals surface area (Å²) in [6.45, 7) is 3.97. The average molecular weight is 646 g/mol. The van der Waals surface area contributed by atoms with Crippen LogP contribution in [-0.4, -0.2) is 40.7 Å². The number of anilines is 1. The molecule has 0 aliphatic carbocycles. The standard InChI is InChI=1S/C32H24ClN3O6S2/c1-3-15-41-22-13-9-19(10-14-22)26-25(27(37)24-16-20-5-4-6-23(40-2)29(20)42-24)28(38)30(39)36(26)31-34-35-32(44-31)43-17-18-7-11-21(33)12-8-18/h3-14,16,26,38H,1,15,17H2,2H3. The summed E-state index contributed by atoms with van der Waals surface area (Å²) in [6.07, 6.45) is 1.63. The van der Waals surface area contributed by atoms with Crippen molar-refractivity contribution in [2.45, 2.75) is 16.1 Å². The minimum absolute atomic E-state index is 0.0480. The highest BCUT2D eigenvalue weighted by Crippen LogP contribution is 2.45. The fraction of sp³-hybridized carbons (Fsp3) is 0.125. The molecule has 3 aromatic carbocycles. The Labute approximate surface area is 265 Å². The first-order chi connectivity index (χ1) is 21.4. The Balaban J connectivity index is 1.36. The predicted octanol–water partition coefficient (Wildman–Crippen LogP) is 7.59. The monoisotopic (exact) mass is 645 g/mol. The van der Waals surface area contributed by atoms with E-state index in [4.69, 9.17) is 25.5 Å². The second-order valence-electron chi connectivity index (χ2n) is 9.59. The van der Waals surface area contributed by atoms with E-state index in [1.54, 1.807) is 54.6 Å². The number of hydrogen-bond donors (Lipinski definition) is 1. The Morgan fingerprint density at radius 1 is 1.16 bits per heavy atom. The van der Waals surface area contributed by atoms with Gasteiger partial charge in [-0.25, -0.2) is 0 Å². The lowest BCUT2D eigenvalue weighted by molar-refractivity contribution is -0.117. The maximum absolute atomic E-state index is 14.0. The minimum Gasteiger partial charge on any atom is -0.503 e. The van der Waals surface area contributed by atoms with Gasteiger partial charge >= 0.3 is 0 Å². The summed E-state index contributed by atoms with van der Waals surface area (Å²) < 4.78 is 17.5. The van der Waals surface area contributed by atoms with Gasteiger partial charge in [-0.1, -0.05) is 83.8 Å². The Morgan fingerprint density at radius 2 is 1.93 bits per heavy atom. The number of fused-ring (bicyclic) bond motifs is 1. The summed E-state index contributed by atoms with van der Waals surface area (Å²) >= 11 is 8.63. The van der Waals surface area contributed by atoms with Crippen LogP contribution in [0.2, 0.25) is 5.02 Å². The lowest BCUT2D eigenvalue weighted by atomic mass is 9.95. The largest absolute Gasteiger partial charge is 0.503 e. The second-order valence-corrected chi connectivity index (χ2v) is 12.2. The molecule has 3 heterocycles. The summed E-state index contributed by atoms with van der Waals surface area (Å²) in [5.74, 6) is -0.518. The zero-order valence-corrected chi connectivity index (χ0v) is 25.6. The van der Waals surface area contributed by atoms with Crippen LogP contribution in [0.5, 0.6) is 11.5 Å². The SMILES string of the molecule is C=CCOc1ccc(C2C(C(=O)c3cc4cccc(OC)c4o3)=C(O)C(=O)N2c2nnc(SCc3ccc(Cl)cc3)s2)cc1. The van der Waals surface area contributed by atoms with Crippen LogP contribution in [-0.2, 0) is 10.5 Å². The molecule has 1 amide bonds. The number of nitrogens with zero attached hydrogens (tertiary/aromatic N) is 3. The van der Waals surface area contributed by atoms with E-state index in [1.165, 1.54) is 35.1 Å². The van der Waals surface area contributed by atoms with Crippen LogP contribution in [0.15, 0.2) is 106 Å². The fourth-order valence-electron chi connectivity index (χ4n) is 4.78. The van der Waals surface area contributed by atoms with Gasteiger partial charge in [0.05, 0.1) is 18.7 Å². The van der Waals surface area contributed by atoms with Crippen molar-refractivity contribution in [2.24, 2.45) is 0 Å². The Hall–Kier alpha value is -4.58. The number of methoxy groups -OCH3 is 1. The first-order valence-electron chi connectivity index (χ1n) is 13.3. The van der Waals surface area contributed by atoms with E-state index in [1.807, 2.05) is 24.3 Å². The summed E-state index contributed by atoms with van der Waals surface area (Å²) in [7, 11) is 1.50. The zero-order valence-electron chi connectivity index (χ0n) is 23.2. The molecule has 0 radical (unpaired) electrons. The van der Waals surface area contributed by atoms with E-state index in [2.05, 4.69) is 16.8 Å². The maximum Gasteiger partial charge on any atom is 0.296 e. The Kier molecular flexibility index (Phi) is 8.42. The Bertz CT molecular complexity index is 1900. The number of halogens is 1. The van der Waals surface area contributed by atoms with Crippen molar-refractivity contribution in [3.05, 3.63) is 119 Å². The molecular weight excluding hydrogens is 622 g/mol. The van der Waals surface area contributed by atoms with Crippen LogP contribution in [0, 0.1) is 0 Å². The maximum atomic E-state index is 14.0. The van der Waals surface area contributed by atoms with Gasteiger partial charge in [-0.2, -0.15) is 0 Å². The number of benzene rings is 3. The van der Waals surface area contributed by atoms with Crippen LogP contribution in [0.25, 0.3) is 11.0 Å². The molecule has 12 heteroatoms. The molecule has 6 rings (SSSR count). The molecule has 0 spiro atoms. The van der Waals surface area contributed by atoms with Crippen molar-refractivity contribution in [2.75, 3.05) is 18.6 Å². The number of amides is 1. The Morgan fingerprint density at radius 3 is 2.66 bits per heavy atom. The number of ether oxygens (including phenoxy) is 2. The van der Waals surface area contributed by atoms with Gasteiger partial charge in [-0.05, 0) is 47.5 Å². The van der Waals surface area contributed by atoms with Gasteiger partial charge in [-0.15, -0.1) is 10.2 Å². The quantitative estimate of drug-likeness (QED) is 0.0671. The van der Waals surface area contributed by atoms with E-state index in [0.29, 0.717) is 49.8 Å². The third kappa shape index (κ3) is 5.69. The number of furan rings is 1. The number of ketones is 1. The van der Waals surface area contributed by atoms with E-state index in [0.717, 1.165) is 5.56 Å². The molecule has 222 valence electrons. The summed E-state index contributed by atoms with van der Waals surface area (Å²) in [5.41, 5.74) is 1.83. The average Bonchev–Trinajstić information content (AvgIpc) is 3.76. The molecule has 1 aliphatic rings. The number of para-hydroxylation sites is 1. The molecule has 1 aliphatic heterocycles. The fourth-order valence-corrected chi connectivity index (χ4v) is 6.73. The molecule has 0 bridgehead atoms. The van der Waals surface area contributed by atoms with Crippen molar-refractivity contribution >= 4 is 62.5 Å². The molecule has 1 atom stereocenters. The third-order valence-corrected chi connectivity index (χ3v) is 9.22. The van der Waals surface area contributed by atoms with Crippen molar-refractivity contribution in [1.29, 1.82) is 0 Å². The van der Waals surface area contributed by atoms with Gasteiger partial charge in [0, 0.05) is 16.2 Å². The molecule has 2 aromatic heterocycles. The normalized spacial score (nSPS) is 14.8.